The molecule has 0 radical (unpaired) electrons. The zero-order valence-electron chi connectivity index (χ0n) is 11.2. The molecule has 0 unspecified atom stereocenters. The zero-order chi connectivity index (χ0) is 15.9. The number of anilines is 1. The zero-order valence-corrected chi connectivity index (χ0v) is 12.0. The van der Waals surface area contributed by atoms with E-state index in [0.717, 1.165) is 0 Å². The van der Waals surface area contributed by atoms with Crippen molar-refractivity contribution >= 4 is 23.1 Å². The molecular formula is C12H14F3N3O2S. The number of ether oxygens (including phenoxy) is 2. The van der Waals surface area contributed by atoms with Crippen LogP contribution in [0.2, 0.25) is 0 Å². The van der Waals surface area contributed by atoms with Crippen LogP contribution in [-0.4, -0.2) is 29.5 Å². The molecule has 1 rings (SSSR count). The van der Waals surface area contributed by atoms with Crippen molar-refractivity contribution in [2.75, 3.05) is 18.5 Å². The molecule has 116 valence electrons. The van der Waals surface area contributed by atoms with E-state index in [1.54, 1.807) is 6.92 Å². The molecule has 1 heterocycles. The van der Waals surface area contributed by atoms with Gasteiger partial charge in [-0.15, -0.1) is 0 Å². The Balaban J connectivity index is 2.56. The number of hydrogen-bond donors (Lipinski definition) is 2. The van der Waals surface area contributed by atoms with Crippen LogP contribution in [0.15, 0.2) is 30.7 Å². The lowest BCUT2D eigenvalue weighted by molar-refractivity contribution is -0.154. The summed E-state index contributed by atoms with van der Waals surface area (Å²) in [6.07, 6.45) is -4.42. The lowest BCUT2D eigenvalue weighted by Crippen LogP contribution is -2.29. The molecule has 0 amide bonds. The molecule has 0 atom stereocenters. The smallest absolute Gasteiger partial charge is 0.422 e. The summed E-state index contributed by atoms with van der Waals surface area (Å²) in [6.45, 7) is 4.37. The van der Waals surface area contributed by atoms with Crippen molar-refractivity contribution in [1.29, 1.82) is 0 Å². The number of nitrogens with zero attached hydrogens (tertiary/aromatic N) is 1. The maximum Gasteiger partial charge on any atom is 0.422 e. The van der Waals surface area contributed by atoms with Gasteiger partial charge in [0.15, 0.2) is 17.6 Å². The van der Waals surface area contributed by atoms with Gasteiger partial charge in [0.25, 0.3) is 0 Å². The summed E-state index contributed by atoms with van der Waals surface area (Å²) < 4.78 is 45.7. The molecule has 1 aromatic heterocycles. The summed E-state index contributed by atoms with van der Waals surface area (Å²) in [5, 5.41) is 5.47. The number of rotatable bonds is 6. The van der Waals surface area contributed by atoms with Gasteiger partial charge in [0.1, 0.15) is 5.82 Å². The average molecular weight is 321 g/mol. The second-order valence-electron chi connectivity index (χ2n) is 3.70. The topological polar surface area (TPSA) is 55.4 Å². The molecule has 0 fully saturated rings. The Hall–Kier alpha value is -2.03. The first kappa shape index (κ1) is 17.0. The molecule has 0 spiro atoms. The maximum absolute atomic E-state index is 12.0. The van der Waals surface area contributed by atoms with Crippen LogP contribution >= 0.6 is 12.2 Å². The Bertz CT molecular complexity index is 509. The fourth-order valence-corrected chi connectivity index (χ4v) is 1.42. The second-order valence-corrected chi connectivity index (χ2v) is 4.11. The molecule has 0 aliphatic rings. The van der Waals surface area contributed by atoms with E-state index in [4.69, 9.17) is 17.0 Å². The number of thiocarbonyl (C=S) groups is 1. The van der Waals surface area contributed by atoms with E-state index in [0.29, 0.717) is 6.61 Å². The summed E-state index contributed by atoms with van der Waals surface area (Å²) in [5.74, 6) is 0.319. The third-order valence-corrected chi connectivity index (χ3v) is 2.12. The van der Waals surface area contributed by atoms with Crippen molar-refractivity contribution in [3.63, 3.8) is 0 Å². The summed E-state index contributed by atoms with van der Waals surface area (Å²) >= 11 is 4.97. The quantitative estimate of drug-likeness (QED) is 0.621. The molecule has 0 saturated heterocycles. The fourth-order valence-electron chi connectivity index (χ4n) is 1.21. The number of alkyl halides is 3. The van der Waals surface area contributed by atoms with Crippen LogP contribution in [0.4, 0.5) is 19.0 Å². The fraction of sp³-hybridized carbons (Fsp3) is 0.333. The number of nitrogens with one attached hydrogen (secondary N) is 2. The molecule has 1 aromatic rings. The first-order valence-corrected chi connectivity index (χ1v) is 6.27. The number of pyridine rings is 1. The molecular weight excluding hydrogens is 307 g/mol. The van der Waals surface area contributed by atoms with Crippen LogP contribution in [0.3, 0.4) is 0 Å². The predicted molar refractivity (Wildman–Crippen MR) is 75.9 cm³/mol. The lowest BCUT2D eigenvalue weighted by Gasteiger charge is -2.13. The van der Waals surface area contributed by atoms with E-state index in [9.17, 15) is 13.2 Å². The number of aromatic nitrogens is 1. The summed E-state index contributed by atoms with van der Waals surface area (Å²) in [6, 6.07) is 4.32. The predicted octanol–water partition coefficient (Wildman–Crippen LogP) is 2.82. The first-order chi connectivity index (χ1) is 9.80. The van der Waals surface area contributed by atoms with Gasteiger partial charge < -0.3 is 20.1 Å². The average Bonchev–Trinajstić information content (AvgIpc) is 2.36. The maximum atomic E-state index is 12.0. The molecule has 0 bridgehead atoms. The van der Waals surface area contributed by atoms with Gasteiger partial charge in [0, 0.05) is 6.07 Å². The van der Waals surface area contributed by atoms with Crippen molar-refractivity contribution in [3.05, 3.63) is 30.7 Å². The first-order valence-electron chi connectivity index (χ1n) is 5.86. The molecule has 0 aromatic carbocycles. The molecule has 0 aliphatic heterocycles. The van der Waals surface area contributed by atoms with Crippen LogP contribution in [0.5, 0.6) is 5.88 Å². The van der Waals surface area contributed by atoms with E-state index in [-0.39, 0.29) is 22.7 Å². The largest absolute Gasteiger partial charge is 0.480 e. The molecule has 0 saturated carbocycles. The van der Waals surface area contributed by atoms with Crippen molar-refractivity contribution in [2.45, 2.75) is 13.1 Å². The third-order valence-electron chi connectivity index (χ3n) is 1.92. The molecule has 9 heteroatoms. The molecule has 21 heavy (non-hydrogen) atoms. The van der Waals surface area contributed by atoms with E-state index in [1.165, 1.54) is 18.2 Å². The van der Waals surface area contributed by atoms with Gasteiger partial charge in [-0.05, 0) is 31.8 Å². The summed E-state index contributed by atoms with van der Waals surface area (Å²) in [4.78, 5) is 3.84. The van der Waals surface area contributed by atoms with E-state index in [1.807, 2.05) is 0 Å². The minimum absolute atomic E-state index is 0.147. The van der Waals surface area contributed by atoms with E-state index < -0.39 is 12.8 Å². The Morgan fingerprint density at radius 3 is 2.76 bits per heavy atom. The Morgan fingerprint density at radius 2 is 2.14 bits per heavy atom. The highest BCUT2D eigenvalue weighted by Gasteiger charge is 2.28. The van der Waals surface area contributed by atoms with E-state index >= 15 is 0 Å². The highest BCUT2D eigenvalue weighted by molar-refractivity contribution is 7.80. The monoisotopic (exact) mass is 321 g/mol. The number of halogens is 3. The van der Waals surface area contributed by atoms with Crippen LogP contribution in [0.25, 0.3) is 0 Å². The van der Waals surface area contributed by atoms with Crippen LogP contribution < -0.4 is 15.4 Å². The van der Waals surface area contributed by atoms with Crippen molar-refractivity contribution in [3.8, 4) is 5.88 Å². The van der Waals surface area contributed by atoms with Crippen LogP contribution in [0, 0.1) is 0 Å². The summed E-state index contributed by atoms with van der Waals surface area (Å²) in [7, 11) is 0. The lowest BCUT2D eigenvalue weighted by atomic mass is 10.4. The number of hydrogen-bond acceptors (Lipinski definition) is 4. The van der Waals surface area contributed by atoms with Gasteiger partial charge in [-0.25, -0.2) is 0 Å². The van der Waals surface area contributed by atoms with E-state index in [2.05, 4.69) is 26.9 Å². The van der Waals surface area contributed by atoms with Gasteiger partial charge in [-0.1, -0.05) is 6.07 Å². The Morgan fingerprint density at radius 1 is 1.43 bits per heavy atom. The molecule has 5 nitrogen and oxygen atoms in total. The highest BCUT2D eigenvalue weighted by Crippen LogP contribution is 2.18. The van der Waals surface area contributed by atoms with Crippen molar-refractivity contribution in [1.82, 2.24) is 10.3 Å². The van der Waals surface area contributed by atoms with Gasteiger partial charge >= 0.3 is 6.18 Å². The minimum Gasteiger partial charge on any atom is -0.480 e. The standard InChI is InChI=1S/C12H14F3N3O2S/c1-3-19-8(2)16-11(21)18-9-5-4-6-10(17-9)20-7-12(13,14)15/h4-6H,2-3,7H2,1H3,(H2,16,17,18,21). The van der Waals surface area contributed by atoms with Crippen molar-refractivity contribution in [2.24, 2.45) is 0 Å². The molecule has 2 N–H and O–H groups in total. The minimum atomic E-state index is -4.42. The van der Waals surface area contributed by atoms with Gasteiger partial charge in [0.2, 0.25) is 5.88 Å². The van der Waals surface area contributed by atoms with Crippen LogP contribution in [-0.2, 0) is 4.74 Å². The summed E-state index contributed by atoms with van der Waals surface area (Å²) in [5.41, 5.74) is 0. The van der Waals surface area contributed by atoms with Crippen molar-refractivity contribution < 1.29 is 22.6 Å². The third kappa shape index (κ3) is 7.35. The van der Waals surface area contributed by atoms with Crippen LogP contribution in [0.1, 0.15) is 6.92 Å². The Kier molecular flexibility index (Phi) is 6.22. The van der Waals surface area contributed by atoms with Gasteiger partial charge in [-0.2, -0.15) is 18.2 Å². The SMILES string of the molecule is C=C(NC(=S)Nc1cccc(OCC(F)(F)F)n1)OCC. The highest BCUT2D eigenvalue weighted by atomic mass is 32.1. The van der Waals surface area contributed by atoms with Gasteiger partial charge in [0.05, 0.1) is 6.61 Å². The Labute approximate surface area is 125 Å². The normalized spacial score (nSPS) is 10.7. The molecule has 0 aliphatic carbocycles. The second kappa shape index (κ2) is 7.67. The van der Waals surface area contributed by atoms with Gasteiger partial charge in [-0.3, -0.25) is 0 Å².